The molecule has 2 aromatic rings. The van der Waals surface area contributed by atoms with Crippen molar-refractivity contribution in [1.29, 1.82) is 0 Å². The maximum atomic E-state index is 12.5. The van der Waals surface area contributed by atoms with Gasteiger partial charge < -0.3 is 4.98 Å². The summed E-state index contributed by atoms with van der Waals surface area (Å²) < 4.78 is 2.36. The third kappa shape index (κ3) is 1.86. The van der Waals surface area contributed by atoms with Crippen molar-refractivity contribution in [2.75, 3.05) is 0 Å². The van der Waals surface area contributed by atoms with Crippen molar-refractivity contribution in [1.82, 2.24) is 9.55 Å². The number of fused-ring (bicyclic) bond motifs is 1. The van der Waals surface area contributed by atoms with E-state index in [2.05, 4.69) is 18.8 Å². The van der Waals surface area contributed by atoms with E-state index in [0.717, 1.165) is 29.5 Å². The number of aromatic nitrogens is 2. The Morgan fingerprint density at radius 2 is 2.33 bits per heavy atom. The summed E-state index contributed by atoms with van der Waals surface area (Å²) in [4.78, 5) is 16.6. The van der Waals surface area contributed by atoms with Crippen molar-refractivity contribution in [2.45, 2.75) is 39.2 Å². The minimum Gasteiger partial charge on any atom is -0.323 e. The van der Waals surface area contributed by atoms with E-state index in [9.17, 15) is 4.79 Å². The van der Waals surface area contributed by atoms with E-state index in [4.69, 9.17) is 12.2 Å². The standard InChI is InChI=1S/C13H16N2OS2/c1-13(2)5-3-8(7-13)15-11(16)9-4-6-18-10(9)14-12(15)17/h4,6,8H,3,5,7H2,1-2H3,(H,14,17). The second-order valence-electron chi connectivity index (χ2n) is 5.83. The van der Waals surface area contributed by atoms with Crippen molar-refractivity contribution in [2.24, 2.45) is 5.41 Å². The van der Waals surface area contributed by atoms with E-state index in [0.29, 0.717) is 10.2 Å². The Bertz CT molecular complexity index is 708. The molecular formula is C13H16N2OS2. The molecule has 1 fully saturated rings. The maximum absolute atomic E-state index is 12.5. The van der Waals surface area contributed by atoms with Gasteiger partial charge in [-0.1, -0.05) is 13.8 Å². The monoisotopic (exact) mass is 280 g/mol. The SMILES string of the molecule is CC1(C)CCC(n2c(=S)[nH]c3sccc3c2=O)C1. The van der Waals surface area contributed by atoms with Gasteiger partial charge in [0.05, 0.1) is 5.39 Å². The van der Waals surface area contributed by atoms with E-state index in [1.165, 1.54) is 11.3 Å². The molecule has 1 aliphatic carbocycles. The number of H-pyrrole nitrogens is 1. The number of hydrogen-bond donors (Lipinski definition) is 1. The Balaban J connectivity index is 2.18. The minimum absolute atomic E-state index is 0.0673. The Morgan fingerprint density at radius 1 is 1.56 bits per heavy atom. The molecule has 1 unspecified atom stereocenters. The molecule has 1 aliphatic rings. The topological polar surface area (TPSA) is 37.8 Å². The fourth-order valence-electron chi connectivity index (χ4n) is 2.91. The number of thiophene rings is 1. The molecule has 5 heteroatoms. The lowest BCUT2D eigenvalue weighted by molar-refractivity contribution is 0.355. The quantitative estimate of drug-likeness (QED) is 0.805. The van der Waals surface area contributed by atoms with E-state index in [1.807, 2.05) is 11.4 Å². The predicted octanol–water partition coefficient (Wildman–Crippen LogP) is 3.87. The number of rotatable bonds is 1. The molecule has 18 heavy (non-hydrogen) atoms. The fraction of sp³-hybridized carbons (Fsp3) is 0.538. The molecule has 0 amide bonds. The molecular weight excluding hydrogens is 264 g/mol. The number of nitrogens with zero attached hydrogens (tertiary/aromatic N) is 1. The summed E-state index contributed by atoms with van der Waals surface area (Å²) in [6, 6.07) is 2.13. The Morgan fingerprint density at radius 3 is 3.00 bits per heavy atom. The largest absolute Gasteiger partial charge is 0.323 e. The number of nitrogens with one attached hydrogen (secondary N) is 1. The molecule has 3 rings (SSSR count). The summed E-state index contributed by atoms with van der Waals surface area (Å²) in [5.41, 5.74) is 0.382. The van der Waals surface area contributed by atoms with E-state index in [1.54, 1.807) is 4.57 Å². The van der Waals surface area contributed by atoms with Gasteiger partial charge in [-0.05, 0) is 48.3 Å². The zero-order valence-electron chi connectivity index (χ0n) is 10.5. The molecule has 1 N–H and O–H groups in total. The van der Waals surface area contributed by atoms with Crippen molar-refractivity contribution in [3.63, 3.8) is 0 Å². The number of aromatic amines is 1. The smallest absolute Gasteiger partial charge is 0.263 e. The summed E-state index contributed by atoms with van der Waals surface area (Å²) in [5, 5.41) is 2.69. The van der Waals surface area contributed by atoms with Gasteiger partial charge in [0.25, 0.3) is 5.56 Å². The average molecular weight is 280 g/mol. The average Bonchev–Trinajstić information content (AvgIpc) is 2.85. The normalized spacial score (nSPS) is 22.7. The van der Waals surface area contributed by atoms with Gasteiger partial charge >= 0.3 is 0 Å². The minimum atomic E-state index is 0.0673. The lowest BCUT2D eigenvalue weighted by Gasteiger charge is -2.18. The van der Waals surface area contributed by atoms with Crippen LogP contribution < -0.4 is 5.56 Å². The van der Waals surface area contributed by atoms with Crippen LogP contribution >= 0.6 is 23.6 Å². The van der Waals surface area contributed by atoms with Crippen LogP contribution in [0, 0.1) is 10.2 Å². The van der Waals surface area contributed by atoms with Crippen LogP contribution in [0.2, 0.25) is 0 Å². The first kappa shape index (κ1) is 12.1. The van der Waals surface area contributed by atoms with Crippen LogP contribution in [0.3, 0.4) is 0 Å². The highest BCUT2D eigenvalue weighted by Crippen LogP contribution is 2.43. The molecule has 0 radical (unpaired) electrons. The molecule has 1 atom stereocenters. The van der Waals surface area contributed by atoms with E-state index in [-0.39, 0.29) is 11.6 Å². The second kappa shape index (κ2) is 4.03. The van der Waals surface area contributed by atoms with Crippen LogP contribution in [0.4, 0.5) is 0 Å². The van der Waals surface area contributed by atoms with Crippen LogP contribution in [0.25, 0.3) is 10.2 Å². The zero-order valence-corrected chi connectivity index (χ0v) is 12.2. The molecule has 96 valence electrons. The number of hydrogen-bond acceptors (Lipinski definition) is 3. The van der Waals surface area contributed by atoms with Crippen molar-refractivity contribution in [3.05, 3.63) is 26.6 Å². The Hall–Kier alpha value is -0.940. The van der Waals surface area contributed by atoms with Gasteiger partial charge in [0.1, 0.15) is 4.83 Å². The van der Waals surface area contributed by atoms with Gasteiger partial charge in [0.2, 0.25) is 0 Å². The molecule has 2 aromatic heterocycles. The first-order chi connectivity index (χ1) is 8.48. The fourth-order valence-corrected chi connectivity index (χ4v) is 4.08. The predicted molar refractivity (Wildman–Crippen MR) is 77.9 cm³/mol. The van der Waals surface area contributed by atoms with Crippen molar-refractivity contribution < 1.29 is 0 Å². The lowest BCUT2D eigenvalue weighted by Crippen LogP contribution is -2.25. The zero-order chi connectivity index (χ0) is 12.9. The third-order valence-corrected chi connectivity index (χ3v) is 4.99. The van der Waals surface area contributed by atoms with Gasteiger partial charge in [0.15, 0.2) is 4.77 Å². The third-order valence-electron chi connectivity index (χ3n) is 3.86. The van der Waals surface area contributed by atoms with E-state index < -0.39 is 0 Å². The first-order valence-electron chi connectivity index (χ1n) is 6.20. The van der Waals surface area contributed by atoms with Gasteiger partial charge in [-0.25, -0.2) is 0 Å². The highest BCUT2D eigenvalue weighted by Gasteiger charge is 2.33. The summed E-state index contributed by atoms with van der Waals surface area (Å²) in [7, 11) is 0. The summed E-state index contributed by atoms with van der Waals surface area (Å²) >= 11 is 6.89. The molecule has 0 spiro atoms. The van der Waals surface area contributed by atoms with Gasteiger partial charge in [-0.15, -0.1) is 11.3 Å². The van der Waals surface area contributed by atoms with Crippen LogP contribution in [0.15, 0.2) is 16.2 Å². The van der Waals surface area contributed by atoms with Crippen LogP contribution in [-0.2, 0) is 0 Å². The summed E-state index contributed by atoms with van der Waals surface area (Å²) in [6.45, 7) is 4.52. The molecule has 0 aliphatic heterocycles. The molecule has 0 saturated heterocycles. The highest BCUT2D eigenvalue weighted by molar-refractivity contribution is 7.71. The maximum Gasteiger partial charge on any atom is 0.263 e. The van der Waals surface area contributed by atoms with Crippen LogP contribution in [0.1, 0.15) is 39.2 Å². The lowest BCUT2D eigenvalue weighted by atomic mass is 9.92. The molecule has 3 nitrogen and oxygen atoms in total. The Labute approximate surface area is 114 Å². The first-order valence-corrected chi connectivity index (χ1v) is 7.49. The molecule has 0 bridgehead atoms. The molecule has 0 aromatic carbocycles. The van der Waals surface area contributed by atoms with Gasteiger partial charge in [-0.3, -0.25) is 9.36 Å². The van der Waals surface area contributed by atoms with Crippen LogP contribution in [-0.4, -0.2) is 9.55 Å². The summed E-state index contributed by atoms with van der Waals surface area (Å²) in [6.07, 6.45) is 3.22. The Kier molecular flexibility index (Phi) is 2.71. The van der Waals surface area contributed by atoms with Gasteiger partial charge in [0, 0.05) is 6.04 Å². The second-order valence-corrected chi connectivity index (χ2v) is 7.13. The van der Waals surface area contributed by atoms with Crippen LogP contribution in [0.5, 0.6) is 0 Å². The highest BCUT2D eigenvalue weighted by atomic mass is 32.1. The molecule has 2 heterocycles. The van der Waals surface area contributed by atoms with Crippen molar-refractivity contribution >= 4 is 33.8 Å². The van der Waals surface area contributed by atoms with E-state index >= 15 is 0 Å². The summed E-state index contributed by atoms with van der Waals surface area (Å²) in [5.74, 6) is 0. The van der Waals surface area contributed by atoms with Gasteiger partial charge in [-0.2, -0.15) is 0 Å². The van der Waals surface area contributed by atoms with Crippen molar-refractivity contribution in [3.8, 4) is 0 Å². The molecule has 1 saturated carbocycles.